The Morgan fingerprint density at radius 2 is 1.25 bits per heavy atom. The summed E-state index contributed by atoms with van der Waals surface area (Å²) in [4.78, 5) is 0. The van der Waals surface area contributed by atoms with Crippen molar-refractivity contribution in [2.45, 2.75) is 252 Å². The van der Waals surface area contributed by atoms with Crippen molar-refractivity contribution in [1.29, 1.82) is 0 Å². The van der Waals surface area contributed by atoms with Gasteiger partial charge in [-0.2, -0.15) is 0 Å². The second kappa shape index (κ2) is 18.4. The van der Waals surface area contributed by atoms with Crippen molar-refractivity contribution >= 4 is 33.3 Å². The van der Waals surface area contributed by atoms with Crippen molar-refractivity contribution < 1.29 is 17.7 Å². The summed E-state index contributed by atoms with van der Waals surface area (Å²) in [6.07, 6.45) is 17.5. The van der Waals surface area contributed by atoms with E-state index in [0.29, 0.717) is 11.3 Å². The molecule has 0 aromatic heterocycles. The molecule has 322 valence electrons. The first-order valence-corrected chi connectivity index (χ1v) is 34.8. The molecule has 0 aromatic carbocycles. The molecule has 3 fully saturated rings. The van der Waals surface area contributed by atoms with Crippen LogP contribution in [-0.2, 0) is 17.7 Å². The highest BCUT2D eigenvalue weighted by Crippen LogP contribution is 2.60. The predicted molar refractivity (Wildman–Crippen MR) is 251 cm³/mol. The minimum atomic E-state index is -2.06. The normalized spacial score (nSPS) is 29.1. The van der Waals surface area contributed by atoms with E-state index in [4.69, 9.17) is 17.7 Å². The lowest BCUT2D eigenvalue weighted by Gasteiger charge is -2.49. The molecule has 0 heterocycles. The third kappa shape index (κ3) is 12.6. The van der Waals surface area contributed by atoms with E-state index in [1.807, 2.05) is 0 Å². The van der Waals surface area contributed by atoms with E-state index >= 15 is 0 Å². The fraction of sp³-hybridized carbons (Fsp3) is 0.915. The molecule has 0 unspecified atom stereocenters. The van der Waals surface area contributed by atoms with Gasteiger partial charge in [-0.15, -0.1) is 0 Å². The topological polar surface area (TPSA) is 36.9 Å². The van der Waals surface area contributed by atoms with Gasteiger partial charge in [-0.25, -0.2) is 0 Å². The van der Waals surface area contributed by atoms with Gasteiger partial charge in [-0.1, -0.05) is 112 Å². The molecule has 3 aliphatic rings. The largest absolute Gasteiger partial charge is 0.412 e. The fourth-order valence-corrected chi connectivity index (χ4v) is 17.2. The highest BCUT2D eigenvalue weighted by molar-refractivity contribution is 6.75. The van der Waals surface area contributed by atoms with E-state index in [2.05, 4.69) is 148 Å². The van der Waals surface area contributed by atoms with Crippen LogP contribution in [0, 0.1) is 23.2 Å². The van der Waals surface area contributed by atoms with Crippen LogP contribution in [-0.4, -0.2) is 57.2 Å². The summed E-state index contributed by atoms with van der Waals surface area (Å²) in [5.74, 6) is 2.28. The second-order valence-corrected chi connectivity index (χ2v) is 42.2. The smallest absolute Gasteiger partial charge is 0.192 e. The van der Waals surface area contributed by atoms with Gasteiger partial charge in [0.15, 0.2) is 33.3 Å². The van der Waals surface area contributed by atoms with Crippen LogP contribution >= 0.6 is 0 Å². The summed E-state index contributed by atoms with van der Waals surface area (Å²) in [6, 6.07) is 3.70. The summed E-state index contributed by atoms with van der Waals surface area (Å²) >= 11 is 0. The van der Waals surface area contributed by atoms with Crippen LogP contribution in [0.25, 0.3) is 0 Å². The Balaban J connectivity index is 1.87. The first-order chi connectivity index (χ1) is 25.0. The van der Waals surface area contributed by atoms with Gasteiger partial charge < -0.3 is 17.7 Å². The first kappa shape index (κ1) is 49.5. The van der Waals surface area contributed by atoms with E-state index in [0.717, 1.165) is 24.7 Å². The van der Waals surface area contributed by atoms with Crippen molar-refractivity contribution in [2.24, 2.45) is 23.2 Å². The monoisotopic (exact) mass is 835 g/mol. The molecule has 0 bridgehead atoms. The van der Waals surface area contributed by atoms with Gasteiger partial charge in [0.2, 0.25) is 0 Å². The molecule has 3 aliphatic carbocycles. The third-order valence-electron chi connectivity index (χ3n) is 15.8. The standard InChI is InChI=1S/C47H94O4Si4/c1-21-55(22-2,23-3)51-46(11,12)32-24-26-36(4)39-30-31-40-38(27-25-33-47(39,40)13)29-28-37-34-41(48-53(17,18)44(5,6)7)43(50-52(14,15)16)42(35-37)49-54(19,20)45(8,9)10/h28-29,36,39-43H,21-27,30-35H2,1-20H3/b37-28?,38-29+/t36-,39-,40+,41-,42-,43?,47-/m1/s1. The van der Waals surface area contributed by atoms with Crippen LogP contribution in [0.1, 0.15) is 154 Å². The highest BCUT2D eigenvalue weighted by Gasteiger charge is 2.52. The van der Waals surface area contributed by atoms with Crippen molar-refractivity contribution in [3.63, 3.8) is 0 Å². The van der Waals surface area contributed by atoms with Crippen LogP contribution in [0.4, 0.5) is 0 Å². The Labute approximate surface area is 348 Å². The maximum atomic E-state index is 7.38. The van der Waals surface area contributed by atoms with E-state index < -0.39 is 33.3 Å². The van der Waals surface area contributed by atoms with Crippen LogP contribution < -0.4 is 0 Å². The summed E-state index contributed by atoms with van der Waals surface area (Å²) in [6.45, 7) is 47.9. The van der Waals surface area contributed by atoms with Gasteiger partial charge in [-0.05, 0) is 162 Å². The lowest BCUT2D eigenvalue weighted by atomic mass is 9.60. The minimum Gasteiger partial charge on any atom is -0.412 e. The molecule has 0 saturated heterocycles. The molecule has 0 N–H and O–H groups in total. The van der Waals surface area contributed by atoms with E-state index in [1.165, 1.54) is 75.1 Å². The zero-order valence-corrected chi connectivity index (χ0v) is 44.4. The molecule has 3 saturated carbocycles. The van der Waals surface area contributed by atoms with Gasteiger partial charge in [0.1, 0.15) is 0 Å². The third-order valence-corrected chi connectivity index (χ3v) is 30.6. The molecular weight excluding hydrogens is 741 g/mol. The summed E-state index contributed by atoms with van der Waals surface area (Å²) in [5.41, 5.74) is 3.62. The molecule has 8 heteroatoms. The number of hydrogen-bond acceptors (Lipinski definition) is 4. The van der Waals surface area contributed by atoms with Gasteiger partial charge in [-0.3, -0.25) is 0 Å². The Morgan fingerprint density at radius 1 is 0.745 bits per heavy atom. The highest BCUT2D eigenvalue weighted by atomic mass is 28.4. The molecule has 6 atom stereocenters. The first-order valence-electron chi connectivity index (χ1n) is 23.1. The Hall–Kier alpha value is 0.188. The van der Waals surface area contributed by atoms with Crippen molar-refractivity contribution in [3.05, 3.63) is 23.3 Å². The van der Waals surface area contributed by atoms with Crippen molar-refractivity contribution in [2.75, 3.05) is 0 Å². The van der Waals surface area contributed by atoms with Gasteiger partial charge in [0.05, 0.1) is 23.9 Å². The van der Waals surface area contributed by atoms with Crippen LogP contribution in [0.2, 0.25) is 74.0 Å². The van der Waals surface area contributed by atoms with Crippen LogP contribution in [0.15, 0.2) is 23.3 Å². The molecular formula is C47H94O4Si4. The van der Waals surface area contributed by atoms with Gasteiger partial charge >= 0.3 is 0 Å². The summed E-state index contributed by atoms with van der Waals surface area (Å²) in [5, 5.41) is 0.268. The molecule has 0 radical (unpaired) electrons. The molecule has 0 aromatic rings. The fourth-order valence-electron chi connectivity index (χ4n) is 10.2. The lowest BCUT2D eigenvalue weighted by Crippen LogP contribution is -2.58. The maximum Gasteiger partial charge on any atom is 0.192 e. The van der Waals surface area contributed by atoms with Crippen LogP contribution in [0.5, 0.6) is 0 Å². The number of rotatable bonds is 17. The maximum absolute atomic E-state index is 7.38. The average molecular weight is 836 g/mol. The predicted octanol–water partition coefficient (Wildman–Crippen LogP) is 15.5. The van der Waals surface area contributed by atoms with Gasteiger partial charge in [0.25, 0.3) is 0 Å². The zero-order chi connectivity index (χ0) is 42.1. The van der Waals surface area contributed by atoms with Crippen molar-refractivity contribution in [1.82, 2.24) is 0 Å². The molecule has 3 rings (SSSR count). The van der Waals surface area contributed by atoms with E-state index in [9.17, 15) is 0 Å². The van der Waals surface area contributed by atoms with Gasteiger partial charge in [0, 0.05) is 0 Å². The number of allylic oxidation sites excluding steroid dienone is 3. The molecule has 4 nitrogen and oxygen atoms in total. The number of fused-ring (bicyclic) bond motifs is 1. The van der Waals surface area contributed by atoms with E-state index in [1.54, 1.807) is 5.57 Å². The summed E-state index contributed by atoms with van der Waals surface area (Å²) in [7, 11) is -7.60. The van der Waals surface area contributed by atoms with E-state index in [-0.39, 0.29) is 34.0 Å². The quantitative estimate of drug-likeness (QED) is 0.137. The van der Waals surface area contributed by atoms with Crippen LogP contribution in [0.3, 0.4) is 0 Å². The lowest BCUT2D eigenvalue weighted by molar-refractivity contribution is -0.0502. The Morgan fingerprint density at radius 3 is 1.71 bits per heavy atom. The minimum absolute atomic E-state index is 0.00621. The zero-order valence-electron chi connectivity index (χ0n) is 40.4. The second-order valence-electron chi connectivity index (χ2n) is 23.6. The summed E-state index contributed by atoms with van der Waals surface area (Å²) < 4.78 is 28.9. The van der Waals surface area contributed by atoms with Crippen molar-refractivity contribution in [3.8, 4) is 0 Å². The molecule has 55 heavy (non-hydrogen) atoms. The molecule has 0 spiro atoms. The average Bonchev–Trinajstić information content (AvgIpc) is 3.39. The SMILES string of the molecule is CC[Si](CC)(CC)OC(C)(C)CCC[C@@H](C)[C@H]1CC[C@H]2/C(=C/C=C3C[C@@H](O[Si](C)(C)C(C)(C)C)C(O[Si](C)(C)C)[C@H](O[Si](C)(C)C(C)(C)C)C3)CCC[C@]12C. The molecule has 0 aliphatic heterocycles. The Kier molecular flexibility index (Phi) is 16.6. The number of hydrogen-bond donors (Lipinski definition) is 0. The Bertz CT molecular complexity index is 1250. The molecule has 0 amide bonds.